The Balaban J connectivity index is 1.62. The maximum atomic E-state index is 14.1. The van der Waals surface area contributed by atoms with Crippen molar-refractivity contribution in [2.45, 2.75) is 37.7 Å². The van der Waals surface area contributed by atoms with Crippen molar-refractivity contribution < 1.29 is 17.5 Å². The molecule has 2 aromatic heterocycles. The first kappa shape index (κ1) is 23.3. The summed E-state index contributed by atoms with van der Waals surface area (Å²) in [5, 5.41) is 7.97. The van der Waals surface area contributed by atoms with E-state index in [1.54, 1.807) is 63.2 Å². The second-order valence-corrected chi connectivity index (χ2v) is 10.1. The van der Waals surface area contributed by atoms with Crippen molar-refractivity contribution >= 4 is 16.0 Å². The first-order valence-electron chi connectivity index (χ1n) is 10.5. The van der Waals surface area contributed by atoms with Crippen molar-refractivity contribution in [1.82, 2.24) is 14.7 Å². The summed E-state index contributed by atoms with van der Waals surface area (Å²) in [6.07, 6.45) is 2.99. The van der Waals surface area contributed by atoms with E-state index in [4.69, 9.17) is 10.00 Å². The molecule has 174 valence electrons. The first-order chi connectivity index (χ1) is 16.1. The Morgan fingerprint density at radius 3 is 2.62 bits per heavy atom. The average molecular weight is 480 g/mol. The van der Waals surface area contributed by atoms with Gasteiger partial charge in [-0.1, -0.05) is 24.3 Å². The van der Waals surface area contributed by atoms with Crippen molar-refractivity contribution in [3.05, 3.63) is 83.6 Å². The number of hydrogen-bond acceptors (Lipinski definition) is 7. The molecule has 0 spiro atoms. The maximum absolute atomic E-state index is 14.1. The Hall–Kier alpha value is -3.84. The summed E-state index contributed by atoms with van der Waals surface area (Å²) in [6, 6.07) is 14.0. The molecule has 2 unspecified atom stereocenters. The van der Waals surface area contributed by atoms with Crippen molar-refractivity contribution in [2.75, 3.05) is 0 Å². The van der Waals surface area contributed by atoms with Crippen LogP contribution in [0.1, 0.15) is 48.9 Å². The fraction of sp³-hybridized carbons (Fsp3) is 0.250. The van der Waals surface area contributed by atoms with Gasteiger partial charge in [0.2, 0.25) is 10.0 Å². The predicted molar refractivity (Wildman–Crippen MR) is 124 cm³/mol. The quantitative estimate of drug-likeness (QED) is 0.603. The van der Waals surface area contributed by atoms with Crippen LogP contribution >= 0.6 is 0 Å². The lowest BCUT2D eigenvalue weighted by molar-refractivity contribution is 0.0760. The molecule has 2 atom stereocenters. The van der Waals surface area contributed by atoms with E-state index < -0.39 is 32.7 Å². The summed E-state index contributed by atoms with van der Waals surface area (Å²) < 4.78 is 48.8. The molecule has 0 amide bonds. The van der Waals surface area contributed by atoms with E-state index in [0.717, 1.165) is 0 Å². The third kappa shape index (κ3) is 4.61. The number of pyridine rings is 2. The average Bonchev–Trinajstić information content (AvgIpc) is 2.78. The number of halogens is 1. The largest absolute Gasteiger partial charge is 0.457 e. The second-order valence-electron chi connectivity index (χ2n) is 8.38. The van der Waals surface area contributed by atoms with Crippen LogP contribution in [0.2, 0.25) is 0 Å². The molecule has 1 saturated heterocycles. The number of aromatic nitrogens is 2. The van der Waals surface area contributed by atoms with Gasteiger partial charge in [-0.25, -0.2) is 27.5 Å². The zero-order valence-electron chi connectivity index (χ0n) is 18.7. The molecule has 4 rings (SSSR count). The third-order valence-corrected chi connectivity index (χ3v) is 7.38. The molecule has 1 N–H and O–H groups in total. The number of benzene rings is 1. The van der Waals surface area contributed by atoms with Gasteiger partial charge in [0.1, 0.15) is 28.4 Å². The molecule has 1 aromatic carbocycles. The number of ether oxygens (including phenoxy) is 1. The molecule has 0 saturated carbocycles. The highest BCUT2D eigenvalue weighted by Crippen LogP contribution is 2.39. The van der Waals surface area contributed by atoms with E-state index in [2.05, 4.69) is 19.7 Å². The Bertz CT molecular complexity index is 1400. The Kier molecular flexibility index (Phi) is 6.06. The molecule has 0 aliphatic carbocycles. The van der Waals surface area contributed by atoms with Gasteiger partial charge < -0.3 is 4.74 Å². The zero-order chi connectivity index (χ0) is 24.5. The summed E-state index contributed by atoms with van der Waals surface area (Å²) in [5.41, 5.74) is 1.09. The minimum absolute atomic E-state index is 0.192. The van der Waals surface area contributed by atoms with Gasteiger partial charge in [0.25, 0.3) is 6.02 Å². The van der Waals surface area contributed by atoms with Crippen LogP contribution in [0.15, 0.2) is 65.9 Å². The Morgan fingerprint density at radius 1 is 1.21 bits per heavy atom. The van der Waals surface area contributed by atoms with Crippen LogP contribution in [0.4, 0.5) is 4.39 Å². The number of aliphatic imine (C=N–C) groups is 1. The van der Waals surface area contributed by atoms with Gasteiger partial charge in [-0.05, 0) is 50.6 Å². The van der Waals surface area contributed by atoms with Crippen LogP contribution in [0.25, 0.3) is 11.3 Å². The highest BCUT2D eigenvalue weighted by molar-refractivity contribution is 7.90. The molecule has 8 nitrogen and oxygen atoms in total. The van der Waals surface area contributed by atoms with Gasteiger partial charge in [0.15, 0.2) is 0 Å². The number of nitriles is 1. The number of hydrogen-bond donors (Lipinski definition) is 1. The lowest BCUT2D eigenvalue weighted by atomic mass is 9.98. The summed E-state index contributed by atoms with van der Waals surface area (Å²) in [4.78, 5) is 12.6. The molecule has 1 fully saturated rings. The Morgan fingerprint density at radius 2 is 1.97 bits per heavy atom. The van der Waals surface area contributed by atoms with Crippen LogP contribution in [-0.2, 0) is 14.8 Å². The SMILES string of the molecule is CC(N=C1NS(=O)(=O)C(c2ccc(-c3ccnc(C#N)c3)nc2)C(C)(C)O1)c1ccccc1F. The van der Waals surface area contributed by atoms with Crippen LogP contribution in [-0.4, -0.2) is 30.0 Å². The number of rotatable bonds is 4. The number of sulfonamides is 1. The number of nitrogens with zero attached hydrogens (tertiary/aromatic N) is 4. The van der Waals surface area contributed by atoms with E-state index in [-0.39, 0.29) is 11.7 Å². The van der Waals surface area contributed by atoms with Gasteiger partial charge in [0, 0.05) is 23.5 Å². The van der Waals surface area contributed by atoms with Crippen LogP contribution in [0.3, 0.4) is 0 Å². The topological polar surface area (TPSA) is 117 Å². The molecule has 3 aromatic rings. The minimum Gasteiger partial charge on any atom is -0.457 e. The van der Waals surface area contributed by atoms with Crippen molar-refractivity contribution in [2.24, 2.45) is 4.99 Å². The van der Waals surface area contributed by atoms with Gasteiger partial charge in [-0.3, -0.25) is 4.98 Å². The van der Waals surface area contributed by atoms with Gasteiger partial charge in [0.05, 0.1) is 11.7 Å². The normalized spacial score (nSPS) is 20.6. The van der Waals surface area contributed by atoms with Gasteiger partial charge >= 0.3 is 0 Å². The van der Waals surface area contributed by atoms with E-state index in [9.17, 15) is 12.8 Å². The number of amidine groups is 1. The molecule has 3 heterocycles. The molecule has 1 aliphatic rings. The van der Waals surface area contributed by atoms with Crippen molar-refractivity contribution in [1.29, 1.82) is 5.26 Å². The van der Waals surface area contributed by atoms with Gasteiger partial charge in [-0.15, -0.1) is 0 Å². The number of nitrogens with one attached hydrogen (secondary N) is 1. The summed E-state index contributed by atoms with van der Waals surface area (Å²) in [6.45, 7) is 4.95. The molecule has 34 heavy (non-hydrogen) atoms. The fourth-order valence-electron chi connectivity index (χ4n) is 3.95. The van der Waals surface area contributed by atoms with Crippen LogP contribution in [0, 0.1) is 17.1 Å². The fourth-order valence-corrected chi connectivity index (χ4v) is 5.70. The predicted octanol–water partition coefficient (Wildman–Crippen LogP) is 4.04. The van der Waals surface area contributed by atoms with Crippen LogP contribution < -0.4 is 4.72 Å². The van der Waals surface area contributed by atoms with E-state index >= 15 is 0 Å². The van der Waals surface area contributed by atoms with E-state index in [1.807, 2.05) is 6.07 Å². The standard InChI is InChI=1S/C24H22FN5O3S/c1-15(19-6-4-5-7-20(19)25)29-23-30-34(31,32)22(24(2,3)33-23)17-8-9-21(28-14-17)16-10-11-27-18(12-16)13-26/h4-12,14-15,22H,1-3H3,(H,29,30). The van der Waals surface area contributed by atoms with E-state index in [1.165, 1.54) is 18.5 Å². The second kappa shape index (κ2) is 8.83. The summed E-state index contributed by atoms with van der Waals surface area (Å²) in [7, 11) is -3.95. The minimum atomic E-state index is -3.95. The first-order valence-corrected chi connectivity index (χ1v) is 12.0. The van der Waals surface area contributed by atoms with E-state index in [0.29, 0.717) is 22.4 Å². The Labute approximate surface area is 197 Å². The summed E-state index contributed by atoms with van der Waals surface area (Å²) in [5.74, 6) is -0.433. The molecule has 1 aliphatic heterocycles. The third-order valence-electron chi connectivity index (χ3n) is 5.46. The zero-order valence-corrected chi connectivity index (χ0v) is 19.5. The molecule has 0 radical (unpaired) electrons. The molecule has 10 heteroatoms. The monoisotopic (exact) mass is 479 g/mol. The lowest BCUT2D eigenvalue weighted by Gasteiger charge is -2.39. The van der Waals surface area contributed by atoms with Crippen molar-refractivity contribution in [3.63, 3.8) is 0 Å². The van der Waals surface area contributed by atoms with Gasteiger partial charge in [-0.2, -0.15) is 5.26 Å². The highest BCUT2D eigenvalue weighted by atomic mass is 32.2. The smallest absolute Gasteiger partial charge is 0.299 e. The summed E-state index contributed by atoms with van der Waals surface area (Å²) >= 11 is 0. The molecular weight excluding hydrogens is 457 g/mol. The molecular formula is C24H22FN5O3S. The maximum Gasteiger partial charge on any atom is 0.299 e. The van der Waals surface area contributed by atoms with Crippen LogP contribution in [0.5, 0.6) is 0 Å². The molecule has 0 bridgehead atoms. The highest BCUT2D eigenvalue weighted by Gasteiger charge is 2.48. The lowest BCUT2D eigenvalue weighted by Crippen LogP contribution is -2.53. The van der Waals surface area contributed by atoms with Crippen molar-refractivity contribution in [3.8, 4) is 17.3 Å².